The van der Waals surface area contributed by atoms with Gasteiger partial charge in [-0.25, -0.2) is 4.39 Å². The number of rotatable bonds is 2. The first-order valence-corrected chi connectivity index (χ1v) is 3.46. The molecule has 1 N–H and O–H groups in total. The molecule has 0 atom stereocenters. The molecule has 0 bridgehead atoms. The highest BCUT2D eigenvalue weighted by Crippen LogP contribution is 2.08. The van der Waals surface area contributed by atoms with Gasteiger partial charge in [-0.1, -0.05) is 0 Å². The number of aryl methyl sites for hydroxylation is 1. The summed E-state index contributed by atoms with van der Waals surface area (Å²) >= 11 is 0. The van der Waals surface area contributed by atoms with Crippen LogP contribution < -0.4 is 0 Å². The van der Waals surface area contributed by atoms with Gasteiger partial charge in [0.1, 0.15) is 5.82 Å². The van der Waals surface area contributed by atoms with Gasteiger partial charge in [-0.3, -0.25) is 4.79 Å². The standard InChI is InChI=1S/C9H8FNO/c1-6-4-7(9(12)5-11)2-3-8(6)10/h2-5,11H,1H3. The van der Waals surface area contributed by atoms with Crippen LogP contribution in [0.4, 0.5) is 4.39 Å². The lowest BCUT2D eigenvalue weighted by Crippen LogP contribution is -1.99. The average molecular weight is 165 g/mol. The van der Waals surface area contributed by atoms with Crippen molar-refractivity contribution in [2.75, 3.05) is 0 Å². The van der Waals surface area contributed by atoms with E-state index in [1.807, 2.05) is 0 Å². The van der Waals surface area contributed by atoms with Gasteiger partial charge in [0, 0.05) is 5.56 Å². The second-order valence-corrected chi connectivity index (χ2v) is 2.47. The Hall–Kier alpha value is -1.51. The van der Waals surface area contributed by atoms with E-state index < -0.39 is 5.78 Å². The van der Waals surface area contributed by atoms with Gasteiger partial charge in [-0.05, 0) is 30.7 Å². The topological polar surface area (TPSA) is 40.9 Å². The molecular weight excluding hydrogens is 157 g/mol. The number of benzene rings is 1. The lowest BCUT2D eigenvalue weighted by molar-refractivity contribution is 0.107. The molecule has 3 heteroatoms. The van der Waals surface area contributed by atoms with Gasteiger partial charge in [0.2, 0.25) is 5.78 Å². The molecule has 0 saturated carbocycles. The lowest BCUT2D eigenvalue weighted by atomic mass is 10.1. The molecule has 0 fully saturated rings. The van der Waals surface area contributed by atoms with Gasteiger partial charge in [0.15, 0.2) is 0 Å². The fraction of sp³-hybridized carbons (Fsp3) is 0.111. The molecule has 12 heavy (non-hydrogen) atoms. The number of Topliss-reactive ketones (excluding diaryl/α,β-unsaturated/α-hetero) is 1. The predicted octanol–water partition coefficient (Wildman–Crippen LogP) is 1.97. The summed E-state index contributed by atoms with van der Waals surface area (Å²) in [5.41, 5.74) is 0.770. The Labute approximate surface area is 69.5 Å². The molecular formula is C9H8FNO. The number of hydrogen-bond acceptors (Lipinski definition) is 2. The summed E-state index contributed by atoms with van der Waals surface area (Å²) in [5.74, 6) is -0.741. The Kier molecular flexibility index (Phi) is 2.33. The van der Waals surface area contributed by atoms with Gasteiger partial charge in [-0.2, -0.15) is 0 Å². The maximum Gasteiger partial charge on any atom is 0.203 e. The predicted molar refractivity (Wildman–Crippen MR) is 44.3 cm³/mol. The first-order chi connectivity index (χ1) is 5.65. The molecule has 1 rings (SSSR count). The Morgan fingerprint density at radius 1 is 1.58 bits per heavy atom. The molecule has 1 aromatic carbocycles. The highest BCUT2D eigenvalue weighted by atomic mass is 19.1. The van der Waals surface area contributed by atoms with Gasteiger partial charge >= 0.3 is 0 Å². The van der Waals surface area contributed by atoms with Crippen LogP contribution >= 0.6 is 0 Å². The molecule has 0 saturated heterocycles. The van der Waals surface area contributed by atoms with Gasteiger partial charge in [-0.15, -0.1) is 0 Å². The van der Waals surface area contributed by atoms with E-state index in [0.29, 0.717) is 17.3 Å². The quantitative estimate of drug-likeness (QED) is 0.528. The van der Waals surface area contributed by atoms with E-state index in [1.165, 1.54) is 18.2 Å². The Bertz CT molecular complexity index is 333. The van der Waals surface area contributed by atoms with Crippen molar-refractivity contribution < 1.29 is 9.18 Å². The maximum absolute atomic E-state index is 12.7. The van der Waals surface area contributed by atoms with Crippen LogP contribution in [0.3, 0.4) is 0 Å². The summed E-state index contributed by atoms with van der Waals surface area (Å²) in [7, 11) is 0. The molecule has 0 radical (unpaired) electrons. The zero-order valence-electron chi connectivity index (χ0n) is 6.60. The van der Waals surface area contributed by atoms with Crippen molar-refractivity contribution in [3.05, 3.63) is 35.1 Å². The second-order valence-electron chi connectivity index (χ2n) is 2.47. The molecule has 0 aliphatic carbocycles. The van der Waals surface area contributed by atoms with E-state index in [-0.39, 0.29) is 5.82 Å². The van der Waals surface area contributed by atoms with E-state index in [4.69, 9.17) is 5.41 Å². The summed E-state index contributed by atoms with van der Waals surface area (Å²) in [4.78, 5) is 10.9. The largest absolute Gasteiger partial charge is 0.305 e. The molecule has 0 heterocycles. The zero-order valence-corrected chi connectivity index (χ0v) is 6.60. The highest BCUT2D eigenvalue weighted by molar-refractivity contribution is 6.34. The minimum Gasteiger partial charge on any atom is -0.305 e. The normalized spacial score (nSPS) is 9.50. The maximum atomic E-state index is 12.7. The van der Waals surface area contributed by atoms with Crippen LogP contribution in [0.15, 0.2) is 18.2 Å². The minimum absolute atomic E-state index is 0.337. The number of nitrogens with one attached hydrogen (secondary N) is 1. The molecule has 0 aliphatic rings. The number of hydrogen-bond donors (Lipinski definition) is 1. The van der Waals surface area contributed by atoms with Crippen LogP contribution in [0.25, 0.3) is 0 Å². The van der Waals surface area contributed by atoms with E-state index in [0.717, 1.165) is 0 Å². The van der Waals surface area contributed by atoms with Gasteiger partial charge < -0.3 is 5.41 Å². The zero-order chi connectivity index (χ0) is 9.14. The number of ketones is 1. The smallest absolute Gasteiger partial charge is 0.203 e. The van der Waals surface area contributed by atoms with Crippen LogP contribution in [0.2, 0.25) is 0 Å². The van der Waals surface area contributed by atoms with E-state index in [9.17, 15) is 9.18 Å². The number of carbonyl (C=O) groups excluding carboxylic acids is 1. The fourth-order valence-corrected chi connectivity index (χ4v) is 0.881. The first-order valence-electron chi connectivity index (χ1n) is 3.46. The number of halogens is 1. The molecule has 1 aromatic rings. The Morgan fingerprint density at radius 3 is 2.75 bits per heavy atom. The molecule has 62 valence electrons. The molecule has 0 aliphatic heterocycles. The highest BCUT2D eigenvalue weighted by Gasteiger charge is 2.03. The Balaban J connectivity index is 3.13. The third-order valence-corrected chi connectivity index (χ3v) is 1.57. The van der Waals surface area contributed by atoms with E-state index in [1.54, 1.807) is 6.92 Å². The van der Waals surface area contributed by atoms with Crippen molar-refractivity contribution in [1.82, 2.24) is 0 Å². The SMILES string of the molecule is Cc1cc(C(=O)C=N)ccc1F. The molecule has 2 nitrogen and oxygen atoms in total. The summed E-state index contributed by atoms with van der Waals surface area (Å²) in [5, 5.41) is 6.70. The van der Waals surface area contributed by atoms with Crippen LogP contribution in [0.5, 0.6) is 0 Å². The van der Waals surface area contributed by atoms with Crippen molar-refractivity contribution >= 4 is 12.0 Å². The van der Waals surface area contributed by atoms with Crippen molar-refractivity contribution in [2.45, 2.75) is 6.92 Å². The van der Waals surface area contributed by atoms with Crippen LogP contribution in [-0.2, 0) is 0 Å². The third kappa shape index (κ3) is 1.56. The summed E-state index contributed by atoms with van der Waals surface area (Å²) in [6.07, 6.45) is 0.715. The molecule has 0 unspecified atom stereocenters. The molecule has 0 amide bonds. The van der Waals surface area contributed by atoms with Crippen LogP contribution in [0, 0.1) is 18.2 Å². The average Bonchev–Trinajstić information content (AvgIpc) is 2.08. The minimum atomic E-state index is -0.405. The monoisotopic (exact) mass is 165 g/mol. The van der Waals surface area contributed by atoms with Crippen molar-refractivity contribution in [3.8, 4) is 0 Å². The van der Waals surface area contributed by atoms with E-state index >= 15 is 0 Å². The first kappa shape index (κ1) is 8.59. The summed E-state index contributed by atoms with van der Waals surface area (Å²) in [6.45, 7) is 1.58. The Morgan fingerprint density at radius 2 is 2.25 bits per heavy atom. The van der Waals surface area contributed by atoms with Gasteiger partial charge in [0.25, 0.3) is 0 Å². The van der Waals surface area contributed by atoms with Crippen LogP contribution in [0.1, 0.15) is 15.9 Å². The molecule has 0 aromatic heterocycles. The van der Waals surface area contributed by atoms with E-state index in [2.05, 4.69) is 0 Å². The van der Waals surface area contributed by atoms with Crippen molar-refractivity contribution in [1.29, 1.82) is 5.41 Å². The third-order valence-electron chi connectivity index (χ3n) is 1.57. The fourth-order valence-electron chi connectivity index (χ4n) is 0.881. The molecule has 0 spiro atoms. The van der Waals surface area contributed by atoms with Gasteiger partial charge in [0.05, 0.1) is 6.21 Å². The number of carbonyl (C=O) groups is 1. The lowest BCUT2D eigenvalue weighted by Gasteiger charge is -1.97. The summed E-state index contributed by atoms with van der Waals surface area (Å²) in [6, 6.07) is 4.03. The van der Waals surface area contributed by atoms with Crippen molar-refractivity contribution in [2.24, 2.45) is 0 Å². The second kappa shape index (κ2) is 3.26. The summed E-state index contributed by atoms with van der Waals surface area (Å²) < 4.78 is 12.7. The van der Waals surface area contributed by atoms with Crippen molar-refractivity contribution in [3.63, 3.8) is 0 Å². The van der Waals surface area contributed by atoms with Crippen LogP contribution in [-0.4, -0.2) is 12.0 Å².